The quantitative estimate of drug-likeness (QED) is 0.827. The number of rotatable bonds is 5. The summed E-state index contributed by atoms with van der Waals surface area (Å²) in [5.41, 5.74) is 1.72. The fourth-order valence-electron chi connectivity index (χ4n) is 1.95. The Morgan fingerprint density at radius 2 is 2.10 bits per heavy atom. The number of phenols is 1. The molecule has 0 atom stereocenters. The van der Waals surface area contributed by atoms with Crippen molar-refractivity contribution in [2.45, 2.75) is 6.42 Å². The fourth-order valence-corrected chi connectivity index (χ4v) is 1.95. The number of aromatic hydroxyl groups is 1. The van der Waals surface area contributed by atoms with E-state index < -0.39 is 0 Å². The highest BCUT2D eigenvalue weighted by molar-refractivity contribution is 5.93. The number of anilines is 1. The van der Waals surface area contributed by atoms with Gasteiger partial charge in [0.1, 0.15) is 17.8 Å². The first-order valence-electron chi connectivity index (χ1n) is 6.33. The number of amides is 1. The minimum absolute atomic E-state index is 0.0784. The lowest BCUT2D eigenvalue weighted by atomic mass is 10.1. The number of nitrogens with one attached hydrogen (secondary N) is 1. The smallest absolute Gasteiger partial charge is 0.228 e. The maximum absolute atomic E-state index is 12.0. The molecule has 0 aliphatic rings. The van der Waals surface area contributed by atoms with Crippen LogP contribution in [0.1, 0.15) is 15.9 Å². The van der Waals surface area contributed by atoms with Gasteiger partial charge in [-0.3, -0.25) is 9.59 Å². The van der Waals surface area contributed by atoms with E-state index in [2.05, 4.69) is 5.32 Å². The van der Waals surface area contributed by atoms with E-state index in [1.807, 2.05) is 0 Å². The van der Waals surface area contributed by atoms with Crippen LogP contribution in [0.5, 0.6) is 11.5 Å². The summed E-state index contributed by atoms with van der Waals surface area (Å²) in [4.78, 5) is 22.7. The van der Waals surface area contributed by atoms with Crippen LogP contribution in [-0.4, -0.2) is 24.4 Å². The Hall–Kier alpha value is -2.82. The number of benzene rings is 2. The Labute approximate surface area is 122 Å². The van der Waals surface area contributed by atoms with Gasteiger partial charge in [0.2, 0.25) is 5.91 Å². The molecule has 108 valence electrons. The number of aldehydes is 1. The first-order chi connectivity index (χ1) is 10.1. The molecule has 2 aromatic carbocycles. The number of hydrogen-bond donors (Lipinski definition) is 2. The topological polar surface area (TPSA) is 75.6 Å². The van der Waals surface area contributed by atoms with Gasteiger partial charge in [-0.15, -0.1) is 0 Å². The fraction of sp³-hybridized carbons (Fsp3) is 0.125. The molecular formula is C16H15NO4. The molecule has 2 rings (SSSR count). The first-order valence-corrected chi connectivity index (χ1v) is 6.33. The van der Waals surface area contributed by atoms with E-state index in [1.165, 1.54) is 19.2 Å². The average molecular weight is 285 g/mol. The molecule has 21 heavy (non-hydrogen) atoms. The highest BCUT2D eigenvalue weighted by atomic mass is 16.5. The molecule has 2 aromatic rings. The summed E-state index contributed by atoms with van der Waals surface area (Å²) >= 11 is 0. The normalized spacial score (nSPS) is 9.95. The van der Waals surface area contributed by atoms with Gasteiger partial charge in [0, 0.05) is 22.9 Å². The summed E-state index contributed by atoms with van der Waals surface area (Å²) in [5.74, 6) is 0.295. The lowest BCUT2D eigenvalue weighted by molar-refractivity contribution is -0.115. The Morgan fingerprint density at radius 3 is 2.81 bits per heavy atom. The molecule has 0 saturated heterocycles. The van der Waals surface area contributed by atoms with E-state index in [0.29, 0.717) is 22.6 Å². The number of hydrogen-bond acceptors (Lipinski definition) is 4. The minimum Gasteiger partial charge on any atom is -0.508 e. The molecule has 0 aliphatic heterocycles. The minimum atomic E-state index is -0.234. The number of phenolic OH excluding ortho intramolecular Hbond substituents is 1. The second kappa shape index (κ2) is 6.56. The van der Waals surface area contributed by atoms with Crippen molar-refractivity contribution < 1.29 is 19.4 Å². The van der Waals surface area contributed by atoms with Crippen LogP contribution in [0, 0.1) is 0 Å². The third-order valence-electron chi connectivity index (χ3n) is 2.93. The first kappa shape index (κ1) is 14.6. The van der Waals surface area contributed by atoms with Crippen LogP contribution in [0.25, 0.3) is 0 Å². The van der Waals surface area contributed by atoms with Gasteiger partial charge in [0.05, 0.1) is 13.5 Å². The molecule has 1 amide bonds. The van der Waals surface area contributed by atoms with Crippen molar-refractivity contribution >= 4 is 17.9 Å². The van der Waals surface area contributed by atoms with Gasteiger partial charge in [-0.1, -0.05) is 18.2 Å². The largest absolute Gasteiger partial charge is 0.508 e. The highest BCUT2D eigenvalue weighted by Crippen LogP contribution is 2.24. The predicted molar refractivity (Wildman–Crippen MR) is 78.8 cm³/mol. The van der Waals surface area contributed by atoms with Gasteiger partial charge >= 0.3 is 0 Å². The zero-order chi connectivity index (χ0) is 15.2. The van der Waals surface area contributed by atoms with Crippen LogP contribution < -0.4 is 10.1 Å². The van der Waals surface area contributed by atoms with E-state index in [0.717, 1.165) is 6.29 Å². The van der Waals surface area contributed by atoms with Crippen molar-refractivity contribution in [3.63, 3.8) is 0 Å². The Bertz CT molecular complexity index is 667. The van der Waals surface area contributed by atoms with Crippen molar-refractivity contribution in [1.82, 2.24) is 0 Å². The van der Waals surface area contributed by atoms with E-state index in [4.69, 9.17) is 4.74 Å². The number of ether oxygens (including phenoxy) is 1. The van der Waals surface area contributed by atoms with E-state index in [1.54, 1.807) is 30.3 Å². The summed E-state index contributed by atoms with van der Waals surface area (Å²) in [6.07, 6.45) is 0.827. The molecule has 5 heteroatoms. The molecule has 0 aromatic heterocycles. The molecule has 5 nitrogen and oxygen atoms in total. The third kappa shape index (κ3) is 3.82. The van der Waals surface area contributed by atoms with Gasteiger partial charge in [-0.05, 0) is 18.2 Å². The Morgan fingerprint density at radius 1 is 1.29 bits per heavy atom. The van der Waals surface area contributed by atoms with Crippen molar-refractivity contribution in [3.8, 4) is 11.5 Å². The summed E-state index contributed by atoms with van der Waals surface area (Å²) in [6, 6.07) is 11.2. The maximum Gasteiger partial charge on any atom is 0.228 e. The van der Waals surface area contributed by atoms with E-state index in [9.17, 15) is 14.7 Å². The van der Waals surface area contributed by atoms with Crippen LogP contribution in [0.15, 0.2) is 42.5 Å². The highest BCUT2D eigenvalue weighted by Gasteiger charge is 2.10. The zero-order valence-corrected chi connectivity index (χ0v) is 11.5. The monoisotopic (exact) mass is 285 g/mol. The Kier molecular flexibility index (Phi) is 4.56. The molecule has 0 aliphatic carbocycles. The number of carbonyl (C=O) groups excluding carboxylic acids is 2. The van der Waals surface area contributed by atoms with Gasteiger partial charge in [0.25, 0.3) is 0 Å². The zero-order valence-electron chi connectivity index (χ0n) is 11.5. The van der Waals surface area contributed by atoms with Crippen molar-refractivity contribution in [2.75, 3.05) is 12.4 Å². The Balaban J connectivity index is 2.09. The average Bonchev–Trinajstić information content (AvgIpc) is 2.49. The molecule has 0 bridgehead atoms. The molecule has 0 fully saturated rings. The molecule has 0 unspecified atom stereocenters. The second-order valence-electron chi connectivity index (χ2n) is 4.46. The van der Waals surface area contributed by atoms with Crippen LogP contribution in [0.4, 0.5) is 5.69 Å². The third-order valence-corrected chi connectivity index (χ3v) is 2.93. The van der Waals surface area contributed by atoms with Crippen LogP contribution in [0.3, 0.4) is 0 Å². The van der Waals surface area contributed by atoms with Crippen molar-refractivity contribution in [2.24, 2.45) is 0 Å². The number of carbonyl (C=O) groups is 2. The van der Waals surface area contributed by atoms with Gasteiger partial charge in [-0.2, -0.15) is 0 Å². The second-order valence-corrected chi connectivity index (χ2v) is 4.46. The van der Waals surface area contributed by atoms with E-state index in [-0.39, 0.29) is 18.1 Å². The summed E-state index contributed by atoms with van der Waals surface area (Å²) in [6.45, 7) is 0. The van der Waals surface area contributed by atoms with Crippen LogP contribution in [0.2, 0.25) is 0 Å². The summed E-state index contributed by atoms with van der Waals surface area (Å²) in [5, 5.41) is 12.1. The summed E-state index contributed by atoms with van der Waals surface area (Å²) in [7, 11) is 1.48. The van der Waals surface area contributed by atoms with E-state index >= 15 is 0 Å². The summed E-state index contributed by atoms with van der Waals surface area (Å²) < 4.78 is 5.13. The molecule has 0 spiro atoms. The SMILES string of the molecule is COc1cc(O)ccc1CC(=O)Nc1cccc(C=O)c1. The number of methoxy groups -OCH3 is 1. The molecule has 2 N–H and O–H groups in total. The standard InChI is InChI=1S/C16H15NO4/c1-21-15-9-14(19)6-5-12(15)8-16(20)17-13-4-2-3-11(7-13)10-18/h2-7,9-10,19H,8H2,1H3,(H,17,20). The van der Waals surface area contributed by atoms with Crippen molar-refractivity contribution in [3.05, 3.63) is 53.6 Å². The van der Waals surface area contributed by atoms with Crippen LogP contribution in [-0.2, 0) is 11.2 Å². The van der Waals surface area contributed by atoms with Crippen LogP contribution >= 0.6 is 0 Å². The lowest BCUT2D eigenvalue weighted by Crippen LogP contribution is -2.15. The lowest BCUT2D eigenvalue weighted by Gasteiger charge is -2.09. The predicted octanol–water partition coefficient (Wildman–Crippen LogP) is 2.39. The van der Waals surface area contributed by atoms with Gasteiger partial charge in [0.15, 0.2) is 0 Å². The molecule has 0 saturated carbocycles. The molecule has 0 heterocycles. The van der Waals surface area contributed by atoms with Crippen molar-refractivity contribution in [1.29, 1.82) is 0 Å². The maximum atomic E-state index is 12.0. The molecular weight excluding hydrogens is 270 g/mol. The van der Waals surface area contributed by atoms with Gasteiger partial charge in [-0.25, -0.2) is 0 Å². The van der Waals surface area contributed by atoms with Gasteiger partial charge < -0.3 is 15.2 Å². The molecule has 0 radical (unpaired) electrons.